The van der Waals surface area contributed by atoms with Crippen LogP contribution in [-0.4, -0.2) is 45.3 Å². The van der Waals surface area contributed by atoms with Crippen molar-refractivity contribution in [2.75, 3.05) is 13.1 Å². The normalized spacial score (nSPS) is 13.6. The van der Waals surface area contributed by atoms with Crippen molar-refractivity contribution in [3.8, 4) is 0 Å². The first kappa shape index (κ1) is 20.5. The monoisotopic (exact) mass is 404 g/mol. The van der Waals surface area contributed by atoms with Crippen LogP contribution >= 0.6 is 11.3 Å². The van der Waals surface area contributed by atoms with E-state index in [2.05, 4.69) is 15.3 Å². The van der Waals surface area contributed by atoms with E-state index < -0.39 is 0 Å². The molecular formula is C20H28N4O3S. The molecule has 1 aliphatic rings. The van der Waals surface area contributed by atoms with E-state index in [0.29, 0.717) is 18.8 Å². The number of amides is 2. The van der Waals surface area contributed by atoms with Crippen LogP contribution in [-0.2, 0) is 28.9 Å². The van der Waals surface area contributed by atoms with Crippen LogP contribution in [0, 0.1) is 0 Å². The molecule has 2 amide bonds. The lowest BCUT2D eigenvalue weighted by Gasteiger charge is -2.25. The summed E-state index contributed by atoms with van der Waals surface area (Å²) in [5, 5.41) is 3.59. The maximum Gasteiger partial charge on any atom is 0.259 e. The van der Waals surface area contributed by atoms with E-state index >= 15 is 0 Å². The van der Waals surface area contributed by atoms with Crippen LogP contribution < -0.4 is 10.9 Å². The van der Waals surface area contributed by atoms with Crippen LogP contribution in [0.2, 0.25) is 0 Å². The van der Waals surface area contributed by atoms with Gasteiger partial charge in [0.05, 0.1) is 11.9 Å². The maximum atomic E-state index is 12.5. The van der Waals surface area contributed by atoms with E-state index in [-0.39, 0.29) is 35.9 Å². The lowest BCUT2D eigenvalue weighted by molar-refractivity contribution is -0.136. The number of rotatable bonds is 6. The minimum absolute atomic E-state index is 0.0350. The largest absolute Gasteiger partial charge is 0.350 e. The summed E-state index contributed by atoms with van der Waals surface area (Å²) in [7, 11) is 0. The number of carbonyl (C=O) groups excluding carboxylic acids is 2. The lowest BCUT2D eigenvalue weighted by Crippen LogP contribution is -2.47. The molecule has 0 radical (unpaired) electrons. The van der Waals surface area contributed by atoms with Gasteiger partial charge in [0.2, 0.25) is 11.8 Å². The minimum atomic E-state index is -0.334. The number of H-pyrrole nitrogens is 1. The molecule has 0 saturated carbocycles. The Morgan fingerprint density at radius 1 is 1.29 bits per heavy atom. The molecule has 2 heterocycles. The minimum Gasteiger partial charge on any atom is -0.350 e. The number of nitrogens with zero attached hydrogens (tertiary/aromatic N) is 2. The van der Waals surface area contributed by atoms with Gasteiger partial charge in [-0.2, -0.15) is 0 Å². The third kappa shape index (κ3) is 4.60. The number of hydrogen-bond donors (Lipinski definition) is 2. The van der Waals surface area contributed by atoms with Gasteiger partial charge in [0.1, 0.15) is 10.7 Å². The summed E-state index contributed by atoms with van der Waals surface area (Å²) in [6.07, 6.45) is 3.62. The van der Waals surface area contributed by atoms with Crippen molar-refractivity contribution in [1.82, 2.24) is 20.2 Å². The van der Waals surface area contributed by atoms with Crippen molar-refractivity contribution in [2.24, 2.45) is 0 Å². The first-order chi connectivity index (χ1) is 13.2. The maximum absolute atomic E-state index is 12.5. The predicted octanol–water partition coefficient (Wildman–Crippen LogP) is 2.17. The van der Waals surface area contributed by atoms with Crippen LogP contribution in [0.1, 0.15) is 56.8 Å². The molecule has 152 valence electrons. The fourth-order valence-corrected chi connectivity index (χ4v) is 4.84. The molecule has 0 bridgehead atoms. The summed E-state index contributed by atoms with van der Waals surface area (Å²) >= 11 is 1.59. The molecule has 1 aliphatic carbocycles. The Balaban J connectivity index is 1.65. The van der Waals surface area contributed by atoms with Crippen molar-refractivity contribution in [3.63, 3.8) is 0 Å². The molecule has 2 aromatic rings. The average Bonchev–Trinajstić information content (AvgIpc) is 3.16. The van der Waals surface area contributed by atoms with E-state index in [1.807, 2.05) is 27.7 Å². The Morgan fingerprint density at radius 2 is 2.04 bits per heavy atom. The summed E-state index contributed by atoms with van der Waals surface area (Å²) in [6, 6.07) is 0. The summed E-state index contributed by atoms with van der Waals surface area (Å²) in [5.74, 6) is 0.229. The highest BCUT2D eigenvalue weighted by atomic mass is 32.1. The molecular weight excluding hydrogens is 376 g/mol. The quantitative estimate of drug-likeness (QED) is 0.771. The van der Waals surface area contributed by atoms with Gasteiger partial charge in [-0.25, -0.2) is 4.98 Å². The molecule has 3 rings (SSSR count). The molecule has 0 saturated heterocycles. The third-order valence-electron chi connectivity index (χ3n) is 4.78. The zero-order valence-corrected chi connectivity index (χ0v) is 17.8. The van der Waals surface area contributed by atoms with Crippen molar-refractivity contribution in [2.45, 2.75) is 65.3 Å². The Bertz CT molecular complexity index is 955. The molecule has 0 fully saturated rings. The van der Waals surface area contributed by atoms with Crippen molar-refractivity contribution in [3.05, 3.63) is 26.6 Å². The Hall–Kier alpha value is -2.22. The first-order valence-corrected chi connectivity index (χ1v) is 10.6. The molecule has 2 aromatic heterocycles. The second kappa shape index (κ2) is 8.03. The molecule has 0 aliphatic heterocycles. The van der Waals surface area contributed by atoms with E-state index in [1.165, 1.54) is 9.78 Å². The van der Waals surface area contributed by atoms with Gasteiger partial charge in [0, 0.05) is 29.8 Å². The highest BCUT2D eigenvalue weighted by Crippen LogP contribution is 2.34. The van der Waals surface area contributed by atoms with Crippen molar-refractivity contribution < 1.29 is 9.59 Å². The highest BCUT2D eigenvalue weighted by molar-refractivity contribution is 7.18. The standard InChI is InChI=1S/C20H28N4O3S/c1-5-24(11-15(25)23-20(2,3)4)16(26)10-9-14-21-18(27)17-12-7-6-8-13(12)28-19(17)22-14/h5-11H2,1-4H3,(H,23,25)(H,21,22,27). The number of carbonyl (C=O) groups is 2. The summed E-state index contributed by atoms with van der Waals surface area (Å²) in [5.41, 5.74) is 0.710. The van der Waals surface area contributed by atoms with Gasteiger partial charge >= 0.3 is 0 Å². The smallest absolute Gasteiger partial charge is 0.259 e. The van der Waals surface area contributed by atoms with E-state index in [9.17, 15) is 14.4 Å². The molecule has 0 spiro atoms. The number of hydrogen-bond acceptors (Lipinski definition) is 5. The molecule has 0 aromatic carbocycles. The first-order valence-electron chi connectivity index (χ1n) is 9.80. The number of aromatic amines is 1. The summed E-state index contributed by atoms with van der Waals surface area (Å²) < 4.78 is 0. The number of nitrogens with one attached hydrogen (secondary N) is 2. The number of fused-ring (bicyclic) bond motifs is 3. The van der Waals surface area contributed by atoms with Crippen LogP contribution in [0.25, 0.3) is 10.2 Å². The fraction of sp³-hybridized carbons (Fsp3) is 0.600. The van der Waals surface area contributed by atoms with Gasteiger partial charge in [-0.3, -0.25) is 14.4 Å². The predicted molar refractivity (Wildman–Crippen MR) is 111 cm³/mol. The topological polar surface area (TPSA) is 95.2 Å². The van der Waals surface area contributed by atoms with Gasteiger partial charge < -0.3 is 15.2 Å². The molecule has 0 unspecified atom stereocenters. The third-order valence-corrected chi connectivity index (χ3v) is 5.97. The van der Waals surface area contributed by atoms with E-state index in [4.69, 9.17) is 0 Å². The Morgan fingerprint density at radius 3 is 2.71 bits per heavy atom. The fourth-order valence-electron chi connectivity index (χ4n) is 3.56. The number of thiophene rings is 1. The molecule has 8 heteroatoms. The van der Waals surface area contributed by atoms with Crippen LogP contribution in [0.4, 0.5) is 0 Å². The van der Waals surface area contributed by atoms with Crippen molar-refractivity contribution in [1.29, 1.82) is 0 Å². The molecule has 0 atom stereocenters. The second-order valence-electron chi connectivity index (χ2n) is 8.26. The zero-order valence-electron chi connectivity index (χ0n) is 17.0. The Labute approximate surface area is 168 Å². The summed E-state index contributed by atoms with van der Waals surface area (Å²) in [4.78, 5) is 48.1. The molecule has 7 nitrogen and oxygen atoms in total. The van der Waals surface area contributed by atoms with Gasteiger partial charge in [0.15, 0.2) is 0 Å². The van der Waals surface area contributed by atoms with E-state index in [0.717, 1.165) is 35.0 Å². The van der Waals surface area contributed by atoms with Gasteiger partial charge in [-0.1, -0.05) is 0 Å². The number of aromatic nitrogens is 2. The average molecular weight is 405 g/mol. The van der Waals surface area contributed by atoms with Gasteiger partial charge in [-0.05, 0) is 52.5 Å². The zero-order chi connectivity index (χ0) is 20.5. The van der Waals surface area contributed by atoms with Crippen molar-refractivity contribution >= 4 is 33.4 Å². The highest BCUT2D eigenvalue weighted by Gasteiger charge is 2.22. The van der Waals surface area contributed by atoms with Crippen LogP contribution in [0.3, 0.4) is 0 Å². The Kier molecular flexibility index (Phi) is 5.88. The SMILES string of the molecule is CCN(CC(=O)NC(C)(C)C)C(=O)CCc1nc2sc3c(c2c(=O)[nH]1)CCC3. The lowest BCUT2D eigenvalue weighted by atomic mass is 10.1. The molecule has 28 heavy (non-hydrogen) atoms. The summed E-state index contributed by atoms with van der Waals surface area (Å²) in [6.45, 7) is 8.05. The molecule has 2 N–H and O–H groups in total. The number of likely N-dealkylation sites (N-methyl/N-ethyl adjacent to an activating group) is 1. The van der Waals surface area contributed by atoms with Crippen LogP contribution in [0.5, 0.6) is 0 Å². The second-order valence-corrected chi connectivity index (χ2v) is 9.34. The van der Waals surface area contributed by atoms with Crippen LogP contribution in [0.15, 0.2) is 4.79 Å². The number of aryl methyl sites for hydroxylation is 3. The van der Waals surface area contributed by atoms with Gasteiger partial charge in [0.25, 0.3) is 5.56 Å². The van der Waals surface area contributed by atoms with Gasteiger partial charge in [-0.15, -0.1) is 11.3 Å². The van der Waals surface area contributed by atoms with E-state index in [1.54, 1.807) is 11.3 Å².